The third-order valence-electron chi connectivity index (χ3n) is 4.76. The molecule has 0 radical (unpaired) electrons. The summed E-state index contributed by atoms with van der Waals surface area (Å²) in [5.41, 5.74) is 2.64. The Morgan fingerprint density at radius 1 is 1.45 bits per heavy atom. The summed E-state index contributed by atoms with van der Waals surface area (Å²) < 4.78 is 0. The standard InChI is InChI=1S/C16H24N2O2/c1-5-8-17-15-10-14(16(15,3)4)13-9-12(18(19)20)7-6-11(13)2/h6-7,9,14-15,17H,5,8,10H2,1-4H3. The van der Waals surface area contributed by atoms with Crippen LogP contribution in [0.25, 0.3) is 0 Å². The van der Waals surface area contributed by atoms with Crippen molar-refractivity contribution in [2.75, 3.05) is 6.54 Å². The number of nitrogens with zero attached hydrogens (tertiary/aromatic N) is 1. The average molecular weight is 276 g/mol. The molecule has 0 amide bonds. The van der Waals surface area contributed by atoms with Gasteiger partial charge in [0.25, 0.3) is 5.69 Å². The van der Waals surface area contributed by atoms with Gasteiger partial charge in [-0.15, -0.1) is 0 Å². The molecule has 0 aromatic heterocycles. The molecule has 110 valence electrons. The van der Waals surface area contributed by atoms with Gasteiger partial charge in [0.1, 0.15) is 0 Å². The van der Waals surface area contributed by atoms with Crippen molar-refractivity contribution >= 4 is 5.69 Å². The topological polar surface area (TPSA) is 55.2 Å². The zero-order chi connectivity index (χ0) is 14.9. The second-order valence-electron chi connectivity index (χ2n) is 6.41. The number of nitro groups is 1. The van der Waals surface area contributed by atoms with Crippen LogP contribution in [0.3, 0.4) is 0 Å². The van der Waals surface area contributed by atoms with E-state index in [4.69, 9.17) is 0 Å². The smallest absolute Gasteiger partial charge is 0.269 e. The van der Waals surface area contributed by atoms with Gasteiger partial charge in [-0.1, -0.05) is 26.8 Å². The molecule has 0 bridgehead atoms. The van der Waals surface area contributed by atoms with Crippen molar-refractivity contribution in [3.63, 3.8) is 0 Å². The Balaban J connectivity index is 2.21. The van der Waals surface area contributed by atoms with Gasteiger partial charge < -0.3 is 5.32 Å². The van der Waals surface area contributed by atoms with Gasteiger partial charge in [-0.3, -0.25) is 10.1 Å². The van der Waals surface area contributed by atoms with Crippen LogP contribution >= 0.6 is 0 Å². The number of hydrogen-bond acceptors (Lipinski definition) is 3. The Morgan fingerprint density at radius 3 is 2.70 bits per heavy atom. The second kappa shape index (κ2) is 5.52. The Bertz CT molecular complexity index is 511. The predicted octanol–water partition coefficient (Wildman–Crippen LogP) is 3.78. The third kappa shape index (κ3) is 2.57. The van der Waals surface area contributed by atoms with Crippen LogP contribution in [0.2, 0.25) is 0 Å². The molecule has 1 N–H and O–H groups in total. The monoisotopic (exact) mass is 276 g/mol. The lowest BCUT2D eigenvalue weighted by Crippen LogP contribution is -2.55. The van der Waals surface area contributed by atoms with E-state index in [-0.39, 0.29) is 16.0 Å². The fraction of sp³-hybridized carbons (Fsp3) is 0.625. The van der Waals surface area contributed by atoms with Crippen molar-refractivity contribution in [2.24, 2.45) is 5.41 Å². The molecule has 0 aliphatic heterocycles. The van der Waals surface area contributed by atoms with E-state index in [1.807, 2.05) is 13.0 Å². The Kier molecular flexibility index (Phi) is 4.14. The fourth-order valence-electron chi connectivity index (χ4n) is 3.24. The molecule has 2 unspecified atom stereocenters. The molecular formula is C16H24N2O2. The highest BCUT2D eigenvalue weighted by atomic mass is 16.6. The summed E-state index contributed by atoms with van der Waals surface area (Å²) in [5.74, 6) is 0.400. The summed E-state index contributed by atoms with van der Waals surface area (Å²) in [7, 11) is 0. The summed E-state index contributed by atoms with van der Waals surface area (Å²) in [5, 5.41) is 14.5. The minimum atomic E-state index is -0.304. The number of rotatable bonds is 5. The van der Waals surface area contributed by atoms with E-state index in [0.717, 1.165) is 30.5 Å². The molecule has 1 aromatic carbocycles. The minimum absolute atomic E-state index is 0.148. The van der Waals surface area contributed by atoms with Gasteiger partial charge >= 0.3 is 0 Å². The summed E-state index contributed by atoms with van der Waals surface area (Å²) in [6.45, 7) is 9.76. The Morgan fingerprint density at radius 2 is 2.15 bits per heavy atom. The summed E-state index contributed by atoms with van der Waals surface area (Å²) in [4.78, 5) is 10.6. The van der Waals surface area contributed by atoms with Gasteiger partial charge in [-0.2, -0.15) is 0 Å². The zero-order valence-electron chi connectivity index (χ0n) is 12.8. The van der Waals surface area contributed by atoms with Crippen LogP contribution in [0.15, 0.2) is 18.2 Å². The van der Waals surface area contributed by atoms with Gasteiger partial charge in [0.2, 0.25) is 0 Å². The molecule has 2 atom stereocenters. The van der Waals surface area contributed by atoms with E-state index in [9.17, 15) is 10.1 Å². The zero-order valence-corrected chi connectivity index (χ0v) is 12.8. The quantitative estimate of drug-likeness (QED) is 0.657. The molecule has 0 heterocycles. The first-order chi connectivity index (χ1) is 9.37. The number of nitrogens with one attached hydrogen (secondary N) is 1. The number of aryl methyl sites for hydroxylation is 1. The summed E-state index contributed by atoms with van der Waals surface area (Å²) in [6, 6.07) is 5.73. The molecule has 20 heavy (non-hydrogen) atoms. The molecule has 1 aromatic rings. The van der Waals surface area contributed by atoms with Crippen LogP contribution in [-0.2, 0) is 0 Å². The molecule has 2 rings (SSSR count). The maximum absolute atomic E-state index is 11.0. The maximum Gasteiger partial charge on any atom is 0.269 e. The lowest BCUT2D eigenvalue weighted by atomic mass is 9.56. The van der Waals surface area contributed by atoms with Crippen LogP contribution in [0.4, 0.5) is 5.69 Å². The minimum Gasteiger partial charge on any atom is -0.313 e. The van der Waals surface area contributed by atoms with E-state index in [1.54, 1.807) is 12.1 Å². The first kappa shape index (κ1) is 15.0. The Hall–Kier alpha value is -1.42. The van der Waals surface area contributed by atoms with Gasteiger partial charge in [0.15, 0.2) is 0 Å². The van der Waals surface area contributed by atoms with E-state index in [2.05, 4.69) is 26.1 Å². The molecule has 1 aliphatic carbocycles. The molecule has 4 heteroatoms. The van der Waals surface area contributed by atoms with Crippen LogP contribution in [0.1, 0.15) is 50.7 Å². The molecule has 0 saturated heterocycles. The van der Waals surface area contributed by atoms with E-state index >= 15 is 0 Å². The summed E-state index contributed by atoms with van der Waals surface area (Å²) in [6.07, 6.45) is 2.20. The lowest BCUT2D eigenvalue weighted by molar-refractivity contribution is -0.385. The molecule has 4 nitrogen and oxygen atoms in total. The maximum atomic E-state index is 11.0. The SMILES string of the molecule is CCCNC1CC(c2cc([N+](=O)[O-])ccc2C)C1(C)C. The first-order valence-corrected chi connectivity index (χ1v) is 7.36. The van der Waals surface area contributed by atoms with Gasteiger partial charge in [-0.05, 0) is 48.8 Å². The second-order valence-corrected chi connectivity index (χ2v) is 6.41. The van der Waals surface area contributed by atoms with Crippen molar-refractivity contribution < 1.29 is 4.92 Å². The highest BCUT2D eigenvalue weighted by Crippen LogP contribution is 2.53. The fourth-order valence-corrected chi connectivity index (χ4v) is 3.24. The number of nitro benzene ring substituents is 1. The number of non-ortho nitro benzene ring substituents is 1. The molecular weight excluding hydrogens is 252 g/mol. The van der Waals surface area contributed by atoms with Crippen LogP contribution < -0.4 is 5.32 Å². The van der Waals surface area contributed by atoms with Gasteiger partial charge in [-0.25, -0.2) is 0 Å². The van der Waals surface area contributed by atoms with Crippen LogP contribution in [0, 0.1) is 22.5 Å². The highest BCUT2D eigenvalue weighted by Gasteiger charge is 2.48. The van der Waals surface area contributed by atoms with Crippen molar-refractivity contribution in [1.82, 2.24) is 5.32 Å². The Labute approximate surface area is 120 Å². The predicted molar refractivity (Wildman–Crippen MR) is 81.1 cm³/mol. The first-order valence-electron chi connectivity index (χ1n) is 7.36. The van der Waals surface area contributed by atoms with E-state index in [1.165, 1.54) is 0 Å². The number of benzene rings is 1. The van der Waals surface area contributed by atoms with Crippen molar-refractivity contribution in [1.29, 1.82) is 0 Å². The van der Waals surface area contributed by atoms with E-state index < -0.39 is 0 Å². The highest BCUT2D eigenvalue weighted by molar-refractivity contribution is 5.43. The lowest BCUT2D eigenvalue weighted by Gasteiger charge is -2.53. The largest absolute Gasteiger partial charge is 0.313 e. The van der Waals surface area contributed by atoms with E-state index in [0.29, 0.717) is 12.0 Å². The molecule has 1 aliphatic rings. The normalized spacial score (nSPS) is 24.2. The summed E-state index contributed by atoms with van der Waals surface area (Å²) >= 11 is 0. The number of hydrogen-bond donors (Lipinski definition) is 1. The molecule has 1 saturated carbocycles. The average Bonchev–Trinajstić information content (AvgIpc) is 2.39. The van der Waals surface area contributed by atoms with Crippen molar-refractivity contribution in [3.05, 3.63) is 39.4 Å². The van der Waals surface area contributed by atoms with Crippen molar-refractivity contribution in [3.8, 4) is 0 Å². The van der Waals surface area contributed by atoms with Crippen LogP contribution in [0.5, 0.6) is 0 Å². The molecule has 0 spiro atoms. The third-order valence-corrected chi connectivity index (χ3v) is 4.76. The van der Waals surface area contributed by atoms with Crippen molar-refractivity contribution in [2.45, 2.75) is 52.5 Å². The van der Waals surface area contributed by atoms with Crippen LogP contribution in [-0.4, -0.2) is 17.5 Å². The molecule has 1 fully saturated rings. The van der Waals surface area contributed by atoms with Gasteiger partial charge in [0.05, 0.1) is 4.92 Å². The van der Waals surface area contributed by atoms with Gasteiger partial charge in [0, 0.05) is 18.2 Å².